The summed E-state index contributed by atoms with van der Waals surface area (Å²) in [6.45, 7) is 0. The average Bonchev–Trinajstić information content (AvgIpc) is 2.98. The molecule has 0 saturated heterocycles. The van der Waals surface area contributed by atoms with Gasteiger partial charge in [0.25, 0.3) is 23.3 Å². The number of imide groups is 1. The van der Waals surface area contributed by atoms with Crippen molar-refractivity contribution in [2.45, 2.75) is 0 Å². The molecule has 156 valence electrons. The molecule has 4 rings (SSSR count). The van der Waals surface area contributed by atoms with Crippen LogP contribution in [0.2, 0.25) is 5.02 Å². The van der Waals surface area contributed by atoms with Gasteiger partial charge in [-0.1, -0.05) is 17.7 Å². The molecule has 0 atom stereocenters. The van der Waals surface area contributed by atoms with Gasteiger partial charge in [-0.05, 0) is 30.3 Å². The molecule has 3 amide bonds. The van der Waals surface area contributed by atoms with Gasteiger partial charge in [-0.3, -0.25) is 29.1 Å². The van der Waals surface area contributed by atoms with Crippen molar-refractivity contribution in [1.82, 2.24) is 9.88 Å². The molecule has 1 aliphatic heterocycles. The number of fused-ring (bicyclic) bond motifs is 1. The number of nitrogens with zero attached hydrogens (tertiary/aromatic N) is 1. The number of nitrogens with two attached hydrogens (primary N) is 1. The normalized spacial score (nSPS) is 12.5. The summed E-state index contributed by atoms with van der Waals surface area (Å²) >= 11 is 5.82. The Kier molecular flexibility index (Phi) is 4.78. The third kappa shape index (κ3) is 3.42. The average molecular weight is 445 g/mol. The van der Waals surface area contributed by atoms with Crippen molar-refractivity contribution in [3.63, 3.8) is 0 Å². The molecular weight excluding hydrogens is 434 g/mol. The van der Waals surface area contributed by atoms with Gasteiger partial charge in [-0.2, -0.15) is 0 Å². The van der Waals surface area contributed by atoms with Crippen LogP contribution in [0.15, 0.2) is 47.3 Å². The molecule has 0 radical (unpaired) electrons. The topological polar surface area (TPSA) is 123 Å². The molecule has 1 aliphatic rings. The van der Waals surface area contributed by atoms with Crippen LogP contribution in [0.1, 0.15) is 31.1 Å². The monoisotopic (exact) mass is 444 g/mol. The summed E-state index contributed by atoms with van der Waals surface area (Å²) in [4.78, 5) is 48.7. The summed E-state index contributed by atoms with van der Waals surface area (Å²) in [7, 11) is 0. The standard InChI is InChI=1S/C20H11ClF2N4O4/c21-12-7-14(23)13(22)5-10(12)18(29)25-8-2-1-3-9(4-8)27-15(28)6-11-16(17(27)24)20(31)26-19(11)30/h1-7H,24H2,(H,25,29)(H,26,30,31). The maximum absolute atomic E-state index is 13.5. The summed E-state index contributed by atoms with van der Waals surface area (Å²) in [5.41, 5.74) is 5.12. The fraction of sp³-hybridized carbons (Fsp3) is 0. The van der Waals surface area contributed by atoms with Crippen LogP contribution in [0.25, 0.3) is 5.69 Å². The van der Waals surface area contributed by atoms with Gasteiger partial charge >= 0.3 is 0 Å². The van der Waals surface area contributed by atoms with Gasteiger partial charge in [0, 0.05) is 11.8 Å². The number of anilines is 2. The number of carbonyl (C=O) groups is 3. The van der Waals surface area contributed by atoms with Crippen LogP contribution in [0.5, 0.6) is 0 Å². The summed E-state index contributed by atoms with van der Waals surface area (Å²) in [6.07, 6.45) is 0. The fourth-order valence-electron chi connectivity index (χ4n) is 3.16. The van der Waals surface area contributed by atoms with Crippen LogP contribution >= 0.6 is 11.6 Å². The highest BCUT2D eigenvalue weighted by Crippen LogP contribution is 2.25. The van der Waals surface area contributed by atoms with Gasteiger partial charge in [0.15, 0.2) is 11.6 Å². The highest BCUT2D eigenvalue weighted by Gasteiger charge is 2.31. The lowest BCUT2D eigenvalue weighted by molar-refractivity contribution is 0.0879. The van der Waals surface area contributed by atoms with Crippen molar-refractivity contribution >= 4 is 40.8 Å². The molecule has 2 aromatic carbocycles. The maximum Gasteiger partial charge on any atom is 0.262 e. The van der Waals surface area contributed by atoms with Gasteiger partial charge in [0.2, 0.25) is 0 Å². The van der Waals surface area contributed by atoms with Crippen molar-refractivity contribution in [3.05, 3.63) is 86.2 Å². The number of nitrogen functional groups attached to an aromatic ring is 1. The van der Waals surface area contributed by atoms with Gasteiger partial charge in [-0.15, -0.1) is 0 Å². The minimum Gasteiger partial charge on any atom is -0.384 e. The van der Waals surface area contributed by atoms with E-state index in [1.54, 1.807) is 0 Å². The number of amides is 3. The maximum atomic E-state index is 13.5. The molecule has 0 bridgehead atoms. The minimum absolute atomic E-state index is 0.124. The second-order valence-corrected chi connectivity index (χ2v) is 6.93. The van der Waals surface area contributed by atoms with E-state index >= 15 is 0 Å². The van der Waals surface area contributed by atoms with Gasteiger partial charge in [-0.25, -0.2) is 8.78 Å². The zero-order valence-electron chi connectivity index (χ0n) is 15.3. The Balaban J connectivity index is 1.72. The van der Waals surface area contributed by atoms with E-state index in [0.29, 0.717) is 12.1 Å². The molecule has 0 spiro atoms. The zero-order chi connectivity index (χ0) is 22.4. The first kappa shape index (κ1) is 20.2. The summed E-state index contributed by atoms with van der Waals surface area (Å²) in [5, 5.41) is 4.23. The molecule has 2 heterocycles. The molecule has 31 heavy (non-hydrogen) atoms. The Hall–Kier alpha value is -4.05. The van der Waals surface area contributed by atoms with Crippen LogP contribution < -0.4 is 21.9 Å². The van der Waals surface area contributed by atoms with Crippen LogP contribution in [0.4, 0.5) is 20.3 Å². The van der Waals surface area contributed by atoms with Crippen molar-refractivity contribution in [1.29, 1.82) is 0 Å². The van der Waals surface area contributed by atoms with E-state index < -0.39 is 34.9 Å². The van der Waals surface area contributed by atoms with Crippen LogP contribution in [0, 0.1) is 11.6 Å². The highest BCUT2D eigenvalue weighted by molar-refractivity contribution is 6.34. The summed E-state index contributed by atoms with van der Waals surface area (Å²) in [6, 6.07) is 8.14. The van der Waals surface area contributed by atoms with Gasteiger partial charge in [0.05, 0.1) is 27.4 Å². The Bertz CT molecular complexity index is 1370. The number of hydrogen-bond donors (Lipinski definition) is 3. The molecule has 3 aromatic rings. The van der Waals surface area contributed by atoms with E-state index in [0.717, 1.165) is 10.6 Å². The number of hydrogen-bond acceptors (Lipinski definition) is 5. The first-order valence-corrected chi connectivity index (χ1v) is 9.02. The summed E-state index contributed by atoms with van der Waals surface area (Å²) < 4.78 is 27.7. The molecule has 4 N–H and O–H groups in total. The predicted octanol–water partition coefficient (Wildman–Crippen LogP) is 2.49. The second kappa shape index (κ2) is 7.33. The van der Waals surface area contributed by atoms with Crippen LogP contribution in [0.3, 0.4) is 0 Å². The Labute approximate surface area is 177 Å². The molecule has 11 heteroatoms. The predicted molar refractivity (Wildman–Crippen MR) is 108 cm³/mol. The van der Waals surface area contributed by atoms with Gasteiger partial charge < -0.3 is 11.1 Å². The van der Waals surface area contributed by atoms with E-state index in [2.05, 4.69) is 10.6 Å². The van der Waals surface area contributed by atoms with E-state index in [1.165, 1.54) is 24.3 Å². The minimum atomic E-state index is -1.24. The van der Waals surface area contributed by atoms with Gasteiger partial charge in [0.1, 0.15) is 5.82 Å². The second-order valence-electron chi connectivity index (χ2n) is 6.53. The SMILES string of the molecule is Nc1c2c(cc(=O)n1-c1cccc(NC(=O)c3cc(F)c(F)cc3Cl)c1)C(=O)NC2=O. The fourth-order valence-corrected chi connectivity index (χ4v) is 3.40. The van der Waals surface area contributed by atoms with E-state index in [-0.39, 0.29) is 38.9 Å². The number of benzene rings is 2. The largest absolute Gasteiger partial charge is 0.384 e. The first-order chi connectivity index (χ1) is 14.7. The highest BCUT2D eigenvalue weighted by atomic mass is 35.5. The third-order valence-corrected chi connectivity index (χ3v) is 4.88. The molecule has 1 aromatic heterocycles. The number of rotatable bonds is 3. The van der Waals surface area contributed by atoms with E-state index in [1.807, 2.05) is 0 Å². The van der Waals surface area contributed by atoms with Crippen LogP contribution in [-0.2, 0) is 0 Å². The Morgan fingerprint density at radius 1 is 1.03 bits per heavy atom. The van der Waals surface area contributed by atoms with Crippen LogP contribution in [-0.4, -0.2) is 22.3 Å². The lowest BCUT2D eigenvalue weighted by Crippen LogP contribution is -2.24. The molecule has 0 fully saturated rings. The third-order valence-electron chi connectivity index (χ3n) is 4.57. The van der Waals surface area contributed by atoms with E-state index in [4.69, 9.17) is 17.3 Å². The van der Waals surface area contributed by atoms with Crippen molar-refractivity contribution in [2.75, 3.05) is 11.1 Å². The van der Waals surface area contributed by atoms with E-state index in [9.17, 15) is 28.0 Å². The number of carbonyl (C=O) groups excluding carboxylic acids is 3. The number of nitrogens with one attached hydrogen (secondary N) is 2. The molecule has 8 nitrogen and oxygen atoms in total. The number of pyridine rings is 1. The molecule has 0 saturated carbocycles. The van der Waals surface area contributed by atoms with Crippen molar-refractivity contribution in [3.8, 4) is 5.69 Å². The quantitative estimate of drug-likeness (QED) is 0.423. The van der Waals surface area contributed by atoms with Crippen molar-refractivity contribution < 1.29 is 23.2 Å². The first-order valence-electron chi connectivity index (χ1n) is 8.65. The molecular formula is C20H11ClF2N4O4. The van der Waals surface area contributed by atoms with Crippen molar-refractivity contribution in [2.24, 2.45) is 0 Å². The lowest BCUT2D eigenvalue weighted by Gasteiger charge is -2.13. The number of halogens is 3. The summed E-state index contributed by atoms with van der Waals surface area (Å²) in [5.74, 6) is -4.96. The number of aromatic nitrogens is 1. The molecule has 0 aliphatic carbocycles. The zero-order valence-corrected chi connectivity index (χ0v) is 16.1. The molecule has 0 unspecified atom stereocenters. The lowest BCUT2D eigenvalue weighted by atomic mass is 10.1. The Morgan fingerprint density at radius 2 is 1.74 bits per heavy atom. The Morgan fingerprint density at radius 3 is 2.48 bits per heavy atom. The smallest absolute Gasteiger partial charge is 0.262 e.